The Morgan fingerprint density at radius 1 is 1.04 bits per heavy atom. The highest BCUT2D eigenvalue weighted by Crippen LogP contribution is 2.13. The SMILES string of the molecule is O=S1(=O)CCN(C[C@H]2CN(Cc3ccccc3)CCCO2)CC1. The molecule has 3 rings (SSSR count). The Bertz CT molecular complexity index is 577. The van der Waals surface area contributed by atoms with Gasteiger partial charge >= 0.3 is 0 Å². The molecule has 0 aromatic heterocycles. The zero-order chi connectivity index (χ0) is 16.1. The Kier molecular flexibility index (Phi) is 5.69. The van der Waals surface area contributed by atoms with Gasteiger partial charge in [0, 0.05) is 45.9 Å². The number of benzene rings is 1. The van der Waals surface area contributed by atoms with Crippen LogP contribution in [0.1, 0.15) is 12.0 Å². The van der Waals surface area contributed by atoms with Gasteiger partial charge in [-0.1, -0.05) is 30.3 Å². The van der Waals surface area contributed by atoms with Crippen LogP contribution in [0.4, 0.5) is 0 Å². The lowest BCUT2D eigenvalue weighted by atomic mass is 10.2. The second kappa shape index (κ2) is 7.75. The molecule has 2 aliphatic rings. The van der Waals surface area contributed by atoms with Gasteiger partial charge in [-0.3, -0.25) is 9.80 Å². The molecule has 0 unspecified atom stereocenters. The minimum Gasteiger partial charge on any atom is -0.376 e. The fourth-order valence-corrected chi connectivity index (χ4v) is 4.56. The standard InChI is InChI=1S/C17H26N2O3S/c20-23(21)11-8-18(9-12-23)14-17-15-19(7-4-10-22-17)13-16-5-2-1-3-6-16/h1-3,5-6,17H,4,7-15H2/t17-/m0/s1. The zero-order valence-electron chi connectivity index (χ0n) is 13.6. The lowest BCUT2D eigenvalue weighted by Gasteiger charge is -2.31. The highest BCUT2D eigenvalue weighted by molar-refractivity contribution is 7.91. The van der Waals surface area contributed by atoms with Gasteiger partial charge in [0.2, 0.25) is 0 Å². The Balaban J connectivity index is 1.53. The van der Waals surface area contributed by atoms with Crippen LogP contribution in [-0.2, 0) is 21.1 Å². The number of hydrogen-bond donors (Lipinski definition) is 0. The highest BCUT2D eigenvalue weighted by atomic mass is 32.2. The fourth-order valence-electron chi connectivity index (χ4n) is 3.29. The van der Waals surface area contributed by atoms with Gasteiger partial charge in [-0.25, -0.2) is 8.42 Å². The molecule has 2 heterocycles. The molecule has 1 aromatic rings. The molecule has 0 bridgehead atoms. The quantitative estimate of drug-likeness (QED) is 0.820. The summed E-state index contributed by atoms with van der Waals surface area (Å²) >= 11 is 0. The van der Waals surface area contributed by atoms with Crippen LogP contribution in [0.2, 0.25) is 0 Å². The number of sulfone groups is 1. The largest absolute Gasteiger partial charge is 0.376 e. The molecule has 0 amide bonds. The van der Waals surface area contributed by atoms with Crippen molar-refractivity contribution in [3.05, 3.63) is 35.9 Å². The van der Waals surface area contributed by atoms with Crippen molar-refractivity contribution >= 4 is 9.84 Å². The van der Waals surface area contributed by atoms with E-state index in [1.54, 1.807) is 0 Å². The van der Waals surface area contributed by atoms with Crippen molar-refractivity contribution in [3.8, 4) is 0 Å². The van der Waals surface area contributed by atoms with Crippen LogP contribution >= 0.6 is 0 Å². The van der Waals surface area contributed by atoms with Crippen molar-refractivity contribution < 1.29 is 13.2 Å². The Labute approximate surface area is 139 Å². The summed E-state index contributed by atoms with van der Waals surface area (Å²) in [5.74, 6) is 0.570. The lowest BCUT2D eigenvalue weighted by Crippen LogP contribution is -2.46. The van der Waals surface area contributed by atoms with E-state index >= 15 is 0 Å². The second-order valence-electron chi connectivity index (χ2n) is 6.52. The average Bonchev–Trinajstić information content (AvgIpc) is 2.75. The molecule has 0 spiro atoms. The van der Waals surface area contributed by atoms with Gasteiger partial charge < -0.3 is 4.74 Å². The summed E-state index contributed by atoms with van der Waals surface area (Å²) < 4.78 is 29.1. The van der Waals surface area contributed by atoms with Crippen LogP contribution in [0, 0.1) is 0 Å². The number of rotatable bonds is 4. The summed E-state index contributed by atoms with van der Waals surface area (Å²) in [5.41, 5.74) is 1.33. The van der Waals surface area contributed by atoms with Crippen molar-refractivity contribution in [2.24, 2.45) is 0 Å². The van der Waals surface area contributed by atoms with Gasteiger partial charge in [0.15, 0.2) is 9.84 Å². The van der Waals surface area contributed by atoms with Crippen molar-refractivity contribution in [1.29, 1.82) is 0 Å². The van der Waals surface area contributed by atoms with E-state index in [2.05, 4.69) is 34.1 Å². The first-order valence-electron chi connectivity index (χ1n) is 8.41. The first-order chi connectivity index (χ1) is 11.1. The van der Waals surface area contributed by atoms with Crippen molar-refractivity contribution in [1.82, 2.24) is 9.80 Å². The molecule has 1 atom stereocenters. The number of hydrogen-bond acceptors (Lipinski definition) is 5. The molecule has 2 fully saturated rings. The van der Waals surface area contributed by atoms with E-state index in [-0.39, 0.29) is 17.6 Å². The Morgan fingerprint density at radius 2 is 1.78 bits per heavy atom. The smallest absolute Gasteiger partial charge is 0.152 e. The summed E-state index contributed by atoms with van der Waals surface area (Å²) in [5, 5.41) is 0. The van der Waals surface area contributed by atoms with E-state index in [1.165, 1.54) is 5.56 Å². The maximum atomic E-state index is 11.5. The van der Waals surface area contributed by atoms with Crippen LogP contribution < -0.4 is 0 Å². The normalized spacial score (nSPS) is 26.7. The first kappa shape index (κ1) is 16.9. The number of ether oxygens (including phenoxy) is 1. The summed E-state index contributed by atoms with van der Waals surface area (Å²) in [7, 11) is -2.81. The number of nitrogens with zero attached hydrogens (tertiary/aromatic N) is 2. The topological polar surface area (TPSA) is 49.9 Å². The van der Waals surface area contributed by atoms with Crippen LogP contribution in [-0.4, -0.2) is 75.2 Å². The molecule has 6 heteroatoms. The molecule has 128 valence electrons. The van der Waals surface area contributed by atoms with Gasteiger partial charge in [-0.05, 0) is 12.0 Å². The Morgan fingerprint density at radius 3 is 2.52 bits per heavy atom. The third-order valence-corrected chi connectivity index (χ3v) is 6.19. The molecule has 5 nitrogen and oxygen atoms in total. The van der Waals surface area contributed by atoms with Gasteiger partial charge in [0.25, 0.3) is 0 Å². The van der Waals surface area contributed by atoms with E-state index in [4.69, 9.17) is 4.74 Å². The van der Waals surface area contributed by atoms with Crippen LogP contribution in [0.25, 0.3) is 0 Å². The molecule has 0 aliphatic carbocycles. The molecule has 0 saturated carbocycles. The molecule has 2 saturated heterocycles. The first-order valence-corrected chi connectivity index (χ1v) is 10.2. The molecule has 0 N–H and O–H groups in total. The zero-order valence-corrected chi connectivity index (χ0v) is 14.4. The average molecular weight is 338 g/mol. The lowest BCUT2D eigenvalue weighted by molar-refractivity contribution is 0.0275. The van der Waals surface area contributed by atoms with E-state index in [0.29, 0.717) is 13.1 Å². The third kappa shape index (κ3) is 5.28. The highest BCUT2D eigenvalue weighted by Gasteiger charge is 2.26. The van der Waals surface area contributed by atoms with E-state index < -0.39 is 9.84 Å². The summed E-state index contributed by atoms with van der Waals surface area (Å²) in [6.45, 7) is 5.83. The third-order valence-electron chi connectivity index (χ3n) is 4.58. The van der Waals surface area contributed by atoms with Gasteiger partial charge in [0.05, 0.1) is 17.6 Å². The maximum absolute atomic E-state index is 11.5. The van der Waals surface area contributed by atoms with Crippen LogP contribution in [0.3, 0.4) is 0 Å². The van der Waals surface area contributed by atoms with E-state index in [1.807, 2.05) is 6.07 Å². The predicted octanol–water partition coefficient (Wildman–Crippen LogP) is 1.01. The van der Waals surface area contributed by atoms with Crippen molar-refractivity contribution in [2.75, 3.05) is 50.8 Å². The Hall–Kier alpha value is -0.950. The van der Waals surface area contributed by atoms with Gasteiger partial charge in [-0.2, -0.15) is 0 Å². The minimum absolute atomic E-state index is 0.169. The monoisotopic (exact) mass is 338 g/mol. The maximum Gasteiger partial charge on any atom is 0.152 e. The van der Waals surface area contributed by atoms with Crippen molar-refractivity contribution in [2.45, 2.75) is 19.1 Å². The van der Waals surface area contributed by atoms with Gasteiger partial charge in [-0.15, -0.1) is 0 Å². The molecule has 23 heavy (non-hydrogen) atoms. The van der Waals surface area contributed by atoms with Crippen molar-refractivity contribution in [3.63, 3.8) is 0 Å². The molecule has 0 radical (unpaired) electrons. The summed E-state index contributed by atoms with van der Waals surface area (Å²) in [6, 6.07) is 10.5. The van der Waals surface area contributed by atoms with Gasteiger partial charge in [0.1, 0.15) is 0 Å². The summed E-state index contributed by atoms with van der Waals surface area (Å²) in [4.78, 5) is 4.69. The van der Waals surface area contributed by atoms with Crippen LogP contribution in [0.5, 0.6) is 0 Å². The molecular weight excluding hydrogens is 312 g/mol. The van der Waals surface area contributed by atoms with E-state index in [9.17, 15) is 8.42 Å². The molecule has 2 aliphatic heterocycles. The van der Waals surface area contributed by atoms with Crippen LogP contribution in [0.15, 0.2) is 30.3 Å². The predicted molar refractivity (Wildman–Crippen MR) is 91.2 cm³/mol. The fraction of sp³-hybridized carbons (Fsp3) is 0.647. The molecule has 1 aromatic carbocycles. The van der Waals surface area contributed by atoms with E-state index in [0.717, 1.165) is 39.2 Å². The second-order valence-corrected chi connectivity index (χ2v) is 8.82. The summed E-state index contributed by atoms with van der Waals surface area (Å²) in [6.07, 6.45) is 1.22. The molecular formula is C17H26N2O3S. The minimum atomic E-state index is -2.81.